The van der Waals surface area contributed by atoms with Gasteiger partial charge in [-0.15, -0.1) is 0 Å². The molecule has 1 heterocycles. The second-order valence-electron chi connectivity index (χ2n) is 4.41. The van der Waals surface area contributed by atoms with Gasteiger partial charge in [0.1, 0.15) is 0 Å². The molecule has 1 saturated heterocycles. The van der Waals surface area contributed by atoms with E-state index in [1.54, 1.807) is 4.90 Å². The van der Waals surface area contributed by atoms with E-state index in [2.05, 4.69) is 0 Å². The van der Waals surface area contributed by atoms with Gasteiger partial charge in [0, 0.05) is 24.6 Å². The Bertz CT molecular complexity index is 416. The molecular weight excluding hydrogens is 214 g/mol. The van der Waals surface area contributed by atoms with Crippen molar-refractivity contribution in [2.45, 2.75) is 12.8 Å². The summed E-state index contributed by atoms with van der Waals surface area (Å²) in [6.07, 6.45) is 1.83. The van der Waals surface area contributed by atoms with E-state index in [4.69, 9.17) is 11.1 Å². The second-order valence-corrected chi connectivity index (χ2v) is 4.41. The van der Waals surface area contributed by atoms with E-state index in [-0.39, 0.29) is 17.7 Å². The smallest absolute Gasteiger partial charge is 0.253 e. The van der Waals surface area contributed by atoms with Gasteiger partial charge >= 0.3 is 0 Å². The van der Waals surface area contributed by atoms with Crippen molar-refractivity contribution in [2.75, 3.05) is 13.1 Å². The van der Waals surface area contributed by atoms with E-state index in [1.807, 2.05) is 30.3 Å². The molecule has 0 aromatic heterocycles. The number of benzene rings is 1. The van der Waals surface area contributed by atoms with Crippen molar-refractivity contribution >= 4 is 11.7 Å². The monoisotopic (exact) mass is 231 g/mol. The molecule has 0 saturated carbocycles. The van der Waals surface area contributed by atoms with Crippen molar-refractivity contribution in [3.8, 4) is 0 Å². The lowest BCUT2D eigenvalue weighted by molar-refractivity contribution is 0.0702. The first-order valence-electron chi connectivity index (χ1n) is 5.86. The molecule has 90 valence electrons. The SMILES string of the molecule is N=C(N)C1CCCN(C(=O)c2ccccc2)C1. The van der Waals surface area contributed by atoms with Gasteiger partial charge in [-0.05, 0) is 25.0 Å². The van der Waals surface area contributed by atoms with Crippen LogP contribution in [0.15, 0.2) is 30.3 Å². The Morgan fingerprint density at radius 3 is 2.71 bits per heavy atom. The average molecular weight is 231 g/mol. The highest BCUT2D eigenvalue weighted by Crippen LogP contribution is 2.18. The summed E-state index contributed by atoms with van der Waals surface area (Å²) in [5.74, 6) is 0.253. The van der Waals surface area contributed by atoms with E-state index in [0.717, 1.165) is 19.4 Å². The number of rotatable bonds is 2. The van der Waals surface area contributed by atoms with Gasteiger partial charge in [0.25, 0.3) is 5.91 Å². The minimum absolute atomic E-state index is 0.0245. The molecule has 0 bridgehead atoms. The number of nitrogens with zero attached hydrogens (tertiary/aromatic N) is 1. The van der Waals surface area contributed by atoms with Gasteiger partial charge in [0.2, 0.25) is 0 Å². The molecule has 0 radical (unpaired) electrons. The zero-order valence-corrected chi connectivity index (χ0v) is 9.73. The van der Waals surface area contributed by atoms with E-state index < -0.39 is 0 Å². The third-order valence-electron chi connectivity index (χ3n) is 3.17. The summed E-state index contributed by atoms with van der Waals surface area (Å²) < 4.78 is 0. The maximum atomic E-state index is 12.2. The lowest BCUT2D eigenvalue weighted by Gasteiger charge is -2.32. The summed E-state index contributed by atoms with van der Waals surface area (Å²) >= 11 is 0. The van der Waals surface area contributed by atoms with Crippen LogP contribution in [0, 0.1) is 11.3 Å². The molecule has 17 heavy (non-hydrogen) atoms. The first-order valence-corrected chi connectivity index (χ1v) is 5.86. The van der Waals surface area contributed by atoms with E-state index in [9.17, 15) is 4.79 Å². The molecule has 0 spiro atoms. The van der Waals surface area contributed by atoms with Gasteiger partial charge in [0.05, 0.1) is 5.84 Å². The van der Waals surface area contributed by atoms with Crippen molar-refractivity contribution in [1.29, 1.82) is 5.41 Å². The number of amides is 1. The molecule has 1 aromatic rings. The Morgan fingerprint density at radius 2 is 2.06 bits per heavy atom. The normalized spacial score (nSPS) is 20.0. The van der Waals surface area contributed by atoms with E-state index in [1.165, 1.54) is 0 Å². The topological polar surface area (TPSA) is 70.2 Å². The summed E-state index contributed by atoms with van der Waals surface area (Å²) in [6, 6.07) is 9.25. The highest BCUT2D eigenvalue weighted by molar-refractivity contribution is 5.94. The van der Waals surface area contributed by atoms with Gasteiger partial charge in [-0.25, -0.2) is 0 Å². The third-order valence-corrected chi connectivity index (χ3v) is 3.17. The molecule has 1 amide bonds. The Kier molecular flexibility index (Phi) is 3.42. The molecular formula is C13H17N3O. The molecule has 3 N–H and O–H groups in total. The van der Waals surface area contributed by atoms with Crippen LogP contribution in [0.2, 0.25) is 0 Å². The number of carbonyl (C=O) groups is 1. The Balaban J connectivity index is 2.07. The maximum Gasteiger partial charge on any atom is 0.253 e. The van der Waals surface area contributed by atoms with Crippen molar-refractivity contribution in [1.82, 2.24) is 4.90 Å². The van der Waals surface area contributed by atoms with Crippen LogP contribution >= 0.6 is 0 Å². The summed E-state index contributed by atoms with van der Waals surface area (Å²) in [7, 11) is 0. The third kappa shape index (κ3) is 2.64. The number of nitrogens with one attached hydrogen (secondary N) is 1. The van der Waals surface area contributed by atoms with Crippen molar-refractivity contribution < 1.29 is 4.79 Å². The molecule has 1 fully saturated rings. The highest BCUT2D eigenvalue weighted by Gasteiger charge is 2.25. The molecule has 1 aromatic carbocycles. The lowest BCUT2D eigenvalue weighted by atomic mass is 9.96. The lowest BCUT2D eigenvalue weighted by Crippen LogP contribution is -2.43. The Labute approximate surface area is 101 Å². The van der Waals surface area contributed by atoms with Crippen LogP contribution < -0.4 is 5.73 Å². The summed E-state index contributed by atoms with van der Waals surface area (Å²) in [4.78, 5) is 14.0. The predicted molar refractivity (Wildman–Crippen MR) is 67.0 cm³/mol. The largest absolute Gasteiger partial charge is 0.387 e. The predicted octanol–water partition coefficient (Wildman–Crippen LogP) is 1.47. The highest BCUT2D eigenvalue weighted by atomic mass is 16.2. The molecule has 0 aliphatic carbocycles. The van der Waals surface area contributed by atoms with Crippen LogP contribution in [0.3, 0.4) is 0 Å². The van der Waals surface area contributed by atoms with E-state index >= 15 is 0 Å². The average Bonchev–Trinajstić information content (AvgIpc) is 2.39. The van der Waals surface area contributed by atoms with Crippen LogP contribution in [0.5, 0.6) is 0 Å². The number of piperidine rings is 1. The minimum atomic E-state index is 0.0245. The van der Waals surface area contributed by atoms with Crippen LogP contribution in [0.1, 0.15) is 23.2 Å². The Morgan fingerprint density at radius 1 is 1.35 bits per heavy atom. The molecule has 1 unspecified atom stereocenters. The zero-order chi connectivity index (χ0) is 12.3. The first kappa shape index (κ1) is 11.6. The quantitative estimate of drug-likeness (QED) is 0.597. The second kappa shape index (κ2) is 4.99. The number of carbonyl (C=O) groups excluding carboxylic acids is 1. The molecule has 1 atom stereocenters. The standard InChI is InChI=1S/C13H17N3O/c14-12(15)11-7-4-8-16(9-11)13(17)10-5-2-1-3-6-10/h1-3,5-6,11H,4,7-9H2,(H3,14,15). The van der Waals surface area contributed by atoms with Gasteiger partial charge in [-0.2, -0.15) is 0 Å². The first-order chi connectivity index (χ1) is 8.18. The number of nitrogens with two attached hydrogens (primary N) is 1. The molecule has 1 aliphatic rings. The Hall–Kier alpha value is -1.84. The van der Waals surface area contributed by atoms with Gasteiger partial charge in [-0.3, -0.25) is 10.2 Å². The summed E-state index contributed by atoms with van der Waals surface area (Å²) in [5.41, 5.74) is 6.22. The van der Waals surface area contributed by atoms with Crippen LogP contribution in [-0.2, 0) is 0 Å². The van der Waals surface area contributed by atoms with Crippen LogP contribution in [0.4, 0.5) is 0 Å². The van der Waals surface area contributed by atoms with Crippen molar-refractivity contribution in [3.63, 3.8) is 0 Å². The van der Waals surface area contributed by atoms with Crippen molar-refractivity contribution in [2.24, 2.45) is 11.7 Å². The number of likely N-dealkylation sites (tertiary alicyclic amines) is 1. The summed E-state index contributed by atoms with van der Waals surface area (Å²) in [6.45, 7) is 1.33. The van der Waals surface area contributed by atoms with Gasteiger partial charge < -0.3 is 10.6 Å². The molecule has 2 rings (SSSR count). The van der Waals surface area contributed by atoms with E-state index in [0.29, 0.717) is 12.1 Å². The number of hydrogen-bond donors (Lipinski definition) is 2. The van der Waals surface area contributed by atoms with Crippen LogP contribution in [-0.4, -0.2) is 29.7 Å². The molecule has 1 aliphatic heterocycles. The zero-order valence-electron chi connectivity index (χ0n) is 9.73. The van der Waals surface area contributed by atoms with Gasteiger partial charge in [-0.1, -0.05) is 18.2 Å². The maximum absolute atomic E-state index is 12.2. The van der Waals surface area contributed by atoms with Crippen molar-refractivity contribution in [3.05, 3.63) is 35.9 Å². The van der Waals surface area contributed by atoms with Crippen LogP contribution in [0.25, 0.3) is 0 Å². The van der Waals surface area contributed by atoms with Gasteiger partial charge in [0.15, 0.2) is 0 Å². The molecule has 4 nitrogen and oxygen atoms in total. The number of hydrogen-bond acceptors (Lipinski definition) is 2. The number of amidine groups is 1. The summed E-state index contributed by atoms with van der Waals surface area (Å²) in [5, 5.41) is 7.46. The minimum Gasteiger partial charge on any atom is -0.387 e. The fourth-order valence-electron chi connectivity index (χ4n) is 2.18. The molecule has 4 heteroatoms. The fourth-order valence-corrected chi connectivity index (χ4v) is 2.18. The fraction of sp³-hybridized carbons (Fsp3) is 0.385.